The van der Waals surface area contributed by atoms with Crippen LogP contribution in [0.1, 0.15) is 31.9 Å². The molecule has 3 nitrogen and oxygen atoms in total. The minimum Gasteiger partial charge on any atom is -0.504 e. The highest BCUT2D eigenvalue weighted by Crippen LogP contribution is 2.35. The zero-order chi connectivity index (χ0) is 11.4. The quantitative estimate of drug-likeness (QED) is 0.858. The molecule has 0 aromatic heterocycles. The van der Waals surface area contributed by atoms with Crippen LogP contribution in [0.25, 0.3) is 0 Å². The van der Waals surface area contributed by atoms with Crippen LogP contribution in [0.15, 0.2) is 18.2 Å². The number of halogens is 1. The van der Waals surface area contributed by atoms with Gasteiger partial charge in [-0.15, -0.1) is 12.4 Å². The maximum atomic E-state index is 9.90. The summed E-state index contributed by atoms with van der Waals surface area (Å²) < 4.78 is 5.04. The minimum atomic E-state index is -0.148. The zero-order valence-corrected chi connectivity index (χ0v) is 10.8. The first-order valence-electron chi connectivity index (χ1n) is 5.23. The molecule has 0 saturated heterocycles. The lowest BCUT2D eigenvalue weighted by molar-refractivity contribution is 0.361. The molecule has 0 saturated carbocycles. The number of para-hydroxylation sites is 1. The number of phenolic OH excluding ortho intramolecular Hbond substituents is 1. The number of hydrogen-bond donors (Lipinski definition) is 2. The Morgan fingerprint density at radius 2 is 2.06 bits per heavy atom. The summed E-state index contributed by atoms with van der Waals surface area (Å²) in [7, 11) is 1.54. The number of phenols is 1. The van der Waals surface area contributed by atoms with Crippen molar-refractivity contribution in [3.63, 3.8) is 0 Å². The molecule has 0 radical (unpaired) electrons. The van der Waals surface area contributed by atoms with Crippen molar-refractivity contribution in [2.45, 2.75) is 26.3 Å². The molecule has 0 amide bonds. The lowest BCUT2D eigenvalue weighted by Gasteiger charge is -2.20. The summed E-state index contributed by atoms with van der Waals surface area (Å²) in [4.78, 5) is 0. The SMILES string of the molecule is CCC(C)[C@@H](N)c1cccc(OC)c1O.Cl. The maximum Gasteiger partial charge on any atom is 0.162 e. The van der Waals surface area contributed by atoms with E-state index in [9.17, 15) is 5.11 Å². The fraction of sp³-hybridized carbons (Fsp3) is 0.500. The first-order valence-corrected chi connectivity index (χ1v) is 5.23. The van der Waals surface area contributed by atoms with Crippen LogP contribution in [0, 0.1) is 5.92 Å². The lowest BCUT2D eigenvalue weighted by atomic mass is 9.92. The molecular weight excluding hydrogens is 226 g/mol. The number of nitrogens with two attached hydrogens (primary N) is 1. The maximum absolute atomic E-state index is 9.90. The largest absolute Gasteiger partial charge is 0.504 e. The normalized spacial score (nSPS) is 13.8. The molecule has 0 aliphatic heterocycles. The molecule has 0 bridgehead atoms. The van der Waals surface area contributed by atoms with E-state index in [2.05, 4.69) is 13.8 Å². The molecule has 1 rings (SSSR count). The Kier molecular flexibility index (Phi) is 6.22. The average molecular weight is 246 g/mol. The lowest BCUT2D eigenvalue weighted by Crippen LogP contribution is -2.18. The van der Waals surface area contributed by atoms with E-state index in [-0.39, 0.29) is 24.2 Å². The molecule has 1 unspecified atom stereocenters. The van der Waals surface area contributed by atoms with Crippen LogP contribution in [0.5, 0.6) is 11.5 Å². The molecule has 1 aromatic rings. The minimum absolute atomic E-state index is 0. The van der Waals surface area contributed by atoms with Crippen LogP contribution in [0.2, 0.25) is 0 Å². The van der Waals surface area contributed by atoms with Crippen LogP contribution in [0.3, 0.4) is 0 Å². The Morgan fingerprint density at radius 3 is 2.56 bits per heavy atom. The predicted octanol–water partition coefficient (Wildman–Crippen LogP) is 2.87. The summed E-state index contributed by atoms with van der Waals surface area (Å²) in [5.41, 5.74) is 6.81. The summed E-state index contributed by atoms with van der Waals surface area (Å²) in [5, 5.41) is 9.90. The number of methoxy groups -OCH3 is 1. The highest BCUT2D eigenvalue weighted by molar-refractivity contribution is 5.85. The van der Waals surface area contributed by atoms with Gasteiger partial charge in [0.05, 0.1) is 7.11 Å². The molecule has 1 aromatic carbocycles. The topological polar surface area (TPSA) is 55.5 Å². The van der Waals surface area contributed by atoms with Crippen LogP contribution >= 0.6 is 12.4 Å². The third-order valence-corrected chi connectivity index (χ3v) is 2.87. The number of ether oxygens (including phenoxy) is 1. The van der Waals surface area contributed by atoms with Gasteiger partial charge in [-0.2, -0.15) is 0 Å². The second-order valence-electron chi connectivity index (χ2n) is 3.81. The summed E-state index contributed by atoms with van der Waals surface area (Å²) in [6.07, 6.45) is 0.984. The summed E-state index contributed by atoms with van der Waals surface area (Å²) in [5.74, 6) is 0.974. The fourth-order valence-corrected chi connectivity index (χ4v) is 1.53. The molecule has 0 fully saturated rings. The Labute approximate surface area is 103 Å². The van der Waals surface area contributed by atoms with Crippen LogP contribution in [-0.4, -0.2) is 12.2 Å². The number of aromatic hydroxyl groups is 1. The van der Waals surface area contributed by atoms with E-state index in [0.717, 1.165) is 12.0 Å². The molecule has 0 heterocycles. The highest BCUT2D eigenvalue weighted by atomic mass is 35.5. The highest BCUT2D eigenvalue weighted by Gasteiger charge is 2.18. The predicted molar refractivity (Wildman–Crippen MR) is 68.3 cm³/mol. The van der Waals surface area contributed by atoms with Crippen LogP contribution in [-0.2, 0) is 0 Å². The van der Waals surface area contributed by atoms with Crippen molar-refractivity contribution in [1.29, 1.82) is 0 Å². The molecule has 0 spiro atoms. The Hall–Kier alpha value is -0.930. The molecule has 16 heavy (non-hydrogen) atoms. The third kappa shape index (κ3) is 3.03. The second-order valence-corrected chi connectivity index (χ2v) is 3.81. The molecule has 3 N–H and O–H groups in total. The zero-order valence-electron chi connectivity index (χ0n) is 9.93. The van der Waals surface area contributed by atoms with Crippen molar-refractivity contribution in [1.82, 2.24) is 0 Å². The monoisotopic (exact) mass is 245 g/mol. The van der Waals surface area contributed by atoms with E-state index in [4.69, 9.17) is 10.5 Å². The van der Waals surface area contributed by atoms with Crippen LogP contribution < -0.4 is 10.5 Å². The van der Waals surface area contributed by atoms with Crippen molar-refractivity contribution >= 4 is 12.4 Å². The van der Waals surface area contributed by atoms with Gasteiger partial charge in [0.15, 0.2) is 11.5 Å². The fourth-order valence-electron chi connectivity index (χ4n) is 1.53. The van der Waals surface area contributed by atoms with Gasteiger partial charge in [-0.1, -0.05) is 32.4 Å². The van der Waals surface area contributed by atoms with Gasteiger partial charge in [0.25, 0.3) is 0 Å². The Bertz CT molecular complexity index is 331. The van der Waals surface area contributed by atoms with Gasteiger partial charge in [0.1, 0.15) is 0 Å². The average Bonchev–Trinajstić information content (AvgIpc) is 2.27. The van der Waals surface area contributed by atoms with Gasteiger partial charge in [0, 0.05) is 11.6 Å². The summed E-state index contributed by atoms with van der Waals surface area (Å²) in [6, 6.07) is 5.26. The molecule has 92 valence electrons. The second kappa shape index (κ2) is 6.61. The Balaban J connectivity index is 0.00000225. The van der Waals surface area contributed by atoms with Gasteiger partial charge in [-0.05, 0) is 12.0 Å². The van der Waals surface area contributed by atoms with E-state index in [0.29, 0.717) is 11.7 Å². The first-order chi connectivity index (χ1) is 7.11. The molecule has 2 atom stereocenters. The Morgan fingerprint density at radius 1 is 1.44 bits per heavy atom. The van der Waals surface area contributed by atoms with E-state index in [1.165, 1.54) is 7.11 Å². The van der Waals surface area contributed by atoms with Crippen molar-refractivity contribution in [3.8, 4) is 11.5 Å². The molecular formula is C12H20ClNO2. The standard InChI is InChI=1S/C12H19NO2.ClH/c1-4-8(2)11(13)9-6-5-7-10(15-3)12(9)14;/h5-8,11,14H,4,13H2,1-3H3;1H/t8?,11-;/m1./s1. The molecule has 4 heteroatoms. The van der Waals surface area contributed by atoms with Gasteiger partial charge in [-0.3, -0.25) is 0 Å². The van der Waals surface area contributed by atoms with E-state index < -0.39 is 0 Å². The van der Waals surface area contributed by atoms with E-state index >= 15 is 0 Å². The van der Waals surface area contributed by atoms with Crippen molar-refractivity contribution < 1.29 is 9.84 Å². The van der Waals surface area contributed by atoms with Crippen molar-refractivity contribution in [3.05, 3.63) is 23.8 Å². The molecule has 0 aliphatic rings. The molecule has 0 aliphatic carbocycles. The van der Waals surface area contributed by atoms with E-state index in [1.807, 2.05) is 12.1 Å². The number of rotatable bonds is 4. The van der Waals surface area contributed by atoms with Crippen molar-refractivity contribution in [2.24, 2.45) is 11.7 Å². The van der Waals surface area contributed by atoms with Gasteiger partial charge < -0.3 is 15.6 Å². The number of benzene rings is 1. The number of hydrogen-bond acceptors (Lipinski definition) is 3. The van der Waals surface area contributed by atoms with Gasteiger partial charge >= 0.3 is 0 Å². The van der Waals surface area contributed by atoms with Crippen LogP contribution in [0.4, 0.5) is 0 Å². The van der Waals surface area contributed by atoms with Crippen molar-refractivity contribution in [2.75, 3.05) is 7.11 Å². The third-order valence-electron chi connectivity index (χ3n) is 2.87. The summed E-state index contributed by atoms with van der Waals surface area (Å²) in [6.45, 7) is 4.16. The summed E-state index contributed by atoms with van der Waals surface area (Å²) >= 11 is 0. The van der Waals surface area contributed by atoms with E-state index in [1.54, 1.807) is 6.07 Å². The van der Waals surface area contributed by atoms with Gasteiger partial charge in [0.2, 0.25) is 0 Å². The van der Waals surface area contributed by atoms with Gasteiger partial charge in [-0.25, -0.2) is 0 Å². The smallest absolute Gasteiger partial charge is 0.162 e. The first kappa shape index (κ1) is 15.1.